The third-order valence-electron chi connectivity index (χ3n) is 6.04. The van der Waals surface area contributed by atoms with Crippen LogP contribution in [0.5, 0.6) is 0 Å². The quantitative estimate of drug-likeness (QED) is 0.222. The van der Waals surface area contributed by atoms with Crippen molar-refractivity contribution in [2.45, 2.75) is 123 Å². The van der Waals surface area contributed by atoms with Gasteiger partial charge in [0, 0.05) is 13.1 Å². The molecule has 0 spiro atoms. The summed E-state index contributed by atoms with van der Waals surface area (Å²) in [6.07, 6.45) is 24.6. The summed E-state index contributed by atoms with van der Waals surface area (Å²) >= 11 is 0. The topological polar surface area (TPSA) is 6.48 Å². The van der Waals surface area contributed by atoms with E-state index < -0.39 is 0 Å². The smallest absolute Gasteiger partial charge is 0.0507 e. The van der Waals surface area contributed by atoms with Crippen LogP contribution >= 0.6 is 0 Å². The third kappa shape index (κ3) is 14.0. The summed E-state index contributed by atoms with van der Waals surface area (Å²) in [5, 5.41) is 0. The van der Waals surface area contributed by atoms with E-state index in [-0.39, 0.29) is 0 Å². The maximum atomic E-state index is 2.67. The molecule has 1 aliphatic rings. The fraction of sp³-hybridized carbons (Fsp3) is 1.00. The van der Waals surface area contributed by atoms with Crippen molar-refractivity contribution in [3.8, 4) is 0 Å². The van der Waals surface area contributed by atoms with Gasteiger partial charge in [0.2, 0.25) is 0 Å². The largest absolute Gasteiger partial charge is 0.289 e. The zero-order valence-corrected chi connectivity index (χ0v) is 18.5. The summed E-state index contributed by atoms with van der Waals surface area (Å²) in [7, 11) is 0. The molecule has 0 bridgehead atoms. The predicted molar refractivity (Wildman–Crippen MR) is 118 cm³/mol. The molecular weight excluding hydrogens is 316 g/mol. The minimum atomic E-state index is 1.24. The lowest BCUT2D eigenvalue weighted by atomic mass is 10.0. The summed E-state index contributed by atoms with van der Waals surface area (Å²) < 4.78 is 0. The summed E-state index contributed by atoms with van der Waals surface area (Å²) in [5.74, 6) is 0. The molecule has 2 heteroatoms. The molecule has 1 aliphatic heterocycles. The predicted octanol–water partition coefficient (Wildman–Crippen LogP) is 7.23. The monoisotopic (exact) mass is 366 g/mol. The Kier molecular flexibility index (Phi) is 16.9. The molecule has 0 aromatic carbocycles. The molecule has 1 saturated heterocycles. The minimum Gasteiger partial charge on any atom is -0.289 e. The van der Waals surface area contributed by atoms with Gasteiger partial charge in [-0.1, -0.05) is 110 Å². The van der Waals surface area contributed by atoms with Crippen LogP contribution in [0.1, 0.15) is 123 Å². The fourth-order valence-electron chi connectivity index (χ4n) is 4.19. The van der Waals surface area contributed by atoms with Crippen molar-refractivity contribution in [1.82, 2.24) is 9.80 Å². The van der Waals surface area contributed by atoms with Gasteiger partial charge in [-0.25, -0.2) is 0 Å². The first-order valence-electron chi connectivity index (χ1n) is 12.3. The first-order chi connectivity index (χ1) is 12.9. The molecule has 0 aliphatic carbocycles. The number of rotatable bonds is 19. The molecule has 0 radical (unpaired) electrons. The molecule has 0 N–H and O–H groups in total. The van der Waals surface area contributed by atoms with Crippen LogP contribution < -0.4 is 0 Å². The molecule has 0 atom stereocenters. The number of hydrogen-bond donors (Lipinski definition) is 0. The molecule has 1 rings (SSSR count). The summed E-state index contributed by atoms with van der Waals surface area (Å²) in [5.41, 5.74) is 0. The van der Waals surface area contributed by atoms with Crippen molar-refractivity contribution in [3.05, 3.63) is 0 Å². The van der Waals surface area contributed by atoms with Gasteiger partial charge in [0.1, 0.15) is 0 Å². The van der Waals surface area contributed by atoms with Gasteiger partial charge in [-0.2, -0.15) is 0 Å². The van der Waals surface area contributed by atoms with E-state index in [0.717, 1.165) is 0 Å². The molecule has 0 aromatic heterocycles. The summed E-state index contributed by atoms with van der Waals surface area (Å²) in [6.45, 7) is 11.1. The van der Waals surface area contributed by atoms with E-state index in [9.17, 15) is 0 Å². The normalized spacial score (nSPS) is 15.9. The first kappa shape index (κ1) is 24.0. The maximum absolute atomic E-state index is 2.67. The van der Waals surface area contributed by atoms with Crippen molar-refractivity contribution < 1.29 is 0 Å². The van der Waals surface area contributed by atoms with Crippen LogP contribution in [0.3, 0.4) is 0 Å². The minimum absolute atomic E-state index is 1.24. The molecular formula is C24H50N2. The SMILES string of the molecule is CCCCCCCCCCCCCCCCN1CCN(CCCCC)C1. The molecule has 1 fully saturated rings. The van der Waals surface area contributed by atoms with E-state index in [1.54, 1.807) is 0 Å². The summed E-state index contributed by atoms with van der Waals surface area (Å²) in [4.78, 5) is 5.33. The molecule has 26 heavy (non-hydrogen) atoms. The Morgan fingerprint density at radius 1 is 0.423 bits per heavy atom. The van der Waals surface area contributed by atoms with Crippen LogP contribution in [0.15, 0.2) is 0 Å². The third-order valence-corrected chi connectivity index (χ3v) is 6.04. The standard InChI is InChI=1S/C24H50N2/c1-3-5-7-8-9-10-11-12-13-14-15-16-17-19-21-26-23-22-25(24-26)20-18-6-4-2/h3-24H2,1-2H3. The average Bonchev–Trinajstić information content (AvgIpc) is 3.10. The second-order valence-corrected chi connectivity index (χ2v) is 8.68. The van der Waals surface area contributed by atoms with Gasteiger partial charge < -0.3 is 0 Å². The zero-order valence-electron chi connectivity index (χ0n) is 18.5. The highest BCUT2D eigenvalue weighted by Crippen LogP contribution is 2.14. The van der Waals surface area contributed by atoms with Crippen LogP contribution in [0.25, 0.3) is 0 Å². The van der Waals surface area contributed by atoms with Gasteiger partial charge in [-0.05, 0) is 25.9 Å². The van der Waals surface area contributed by atoms with E-state index in [1.165, 1.54) is 142 Å². The van der Waals surface area contributed by atoms with Crippen LogP contribution in [0, 0.1) is 0 Å². The van der Waals surface area contributed by atoms with Crippen molar-refractivity contribution in [3.63, 3.8) is 0 Å². The van der Waals surface area contributed by atoms with Gasteiger partial charge in [-0.3, -0.25) is 9.80 Å². The van der Waals surface area contributed by atoms with Gasteiger partial charge in [-0.15, -0.1) is 0 Å². The van der Waals surface area contributed by atoms with Gasteiger partial charge in [0.15, 0.2) is 0 Å². The molecule has 156 valence electrons. The molecule has 0 unspecified atom stereocenters. The highest BCUT2D eigenvalue weighted by Gasteiger charge is 2.18. The van der Waals surface area contributed by atoms with Gasteiger partial charge in [0.25, 0.3) is 0 Å². The van der Waals surface area contributed by atoms with E-state index in [2.05, 4.69) is 23.6 Å². The van der Waals surface area contributed by atoms with Crippen LogP contribution in [-0.4, -0.2) is 42.6 Å². The van der Waals surface area contributed by atoms with Crippen LogP contribution in [0.2, 0.25) is 0 Å². The lowest BCUT2D eigenvalue weighted by Crippen LogP contribution is -2.27. The van der Waals surface area contributed by atoms with Crippen molar-refractivity contribution in [1.29, 1.82) is 0 Å². The Morgan fingerprint density at radius 3 is 1.15 bits per heavy atom. The zero-order chi connectivity index (χ0) is 18.7. The second-order valence-electron chi connectivity index (χ2n) is 8.68. The fourth-order valence-corrected chi connectivity index (χ4v) is 4.19. The Hall–Kier alpha value is -0.0800. The number of unbranched alkanes of at least 4 members (excludes halogenated alkanes) is 15. The van der Waals surface area contributed by atoms with Gasteiger partial charge >= 0.3 is 0 Å². The Balaban J connectivity index is 1.75. The number of nitrogens with zero attached hydrogens (tertiary/aromatic N) is 2. The molecule has 0 amide bonds. The van der Waals surface area contributed by atoms with Crippen molar-refractivity contribution in [2.75, 3.05) is 32.8 Å². The molecule has 0 aromatic rings. The Bertz CT molecular complexity index is 279. The lowest BCUT2D eigenvalue weighted by molar-refractivity contribution is 0.239. The van der Waals surface area contributed by atoms with E-state index in [1.807, 2.05) is 0 Å². The Morgan fingerprint density at radius 2 is 0.731 bits per heavy atom. The average molecular weight is 367 g/mol. The molecule has 1 heterocycles. The second kappa shape index (κ2) is 18.3. The Labute approximate surface area is 166 Å². The van der Waals surface area contributed by atoms with E-state index >= 15 is 0 Å². The van der Waals surface area contributed by atoms with Gasteiger partial charge in [0.05, 0.1) is 6.67 Å². The number of hydrogen-bond acceptors (Lipinski definition) is 2. The van der Waals surface area contributed by atoms with E-state index in [0.29, 0.717) is 0 Å². The van der Waals surface area contributed by atoms with Crippen molar-refractivity contribution in [2.24, 2.45) is 0 Å². The highest BCUT2D eigenvalue weighted by molar-refractivity contribution is 4.71. The highest BCUT2D eigenvalue weighted by atomic mass is 15.4. The molecule has 2 nitrogen and oxygen atoms in total. The maximum Gasteiger partial charge on any atom is 0.0507 e. The summed E-state index contributed by atoms with van der Waals surface area (Å²) in [6, 6.07) is 0. The van der Waals surface area contributed by atoms with Crippen LogP contribution in [-0.2, 0) is 0 Å². The molecule has 0 saturated carbocycles. The van der Waals surface area contributed by atoms with E-state index in [4.69, 9.17) is 0 Å². The lowest BCUT2D eigenvalue weighted by Gasteiger charge is -2.17. The van der Waals surface area contributed by atoms with Crippen LogP contribution in [0.4, 0.5) is 0 Å². The van der Waals surface area contributed by atoms with Crippen molar-refractivity contribution >= 4 is 0 Å². The first-order valence-corrected chi connectivity index (χ1v) is 12.3.